The summed E-state index contributed by atoms with van der Waals surface area (Å²) in [5.41, 5.74) is 4.07. The van der Waals surface area contributed by atoms with Crippen LogP contribution in [0.3, 0.4) is 0 Å². The molecule has 0 aromatic heterocycles. The van der Waals surface area contributed by atoms with Crippen LogP contribution in [0.25, 0.3) is 0 Å². The molecule has 3 radical (unpaired) electrons. The first-order valence-corrected chi connectivity index (χ1v) is 29.6. The topological polar surface area (TPSA) is 214 Å². The smallest absolute Gasteiger partial charge is 0.793 e. The average molecular weight is 1400 g/mol. The molecule has 5 heterocycles. The number of rotatable bonds is 8. The van der Waals surface area contributed by atoms with Gasteiger partial charge in [0, 0.05) is 159 Å². The van der Waals surface area contributed by atoms with Crippen molar-refractivity contribution >= 4 is 90.7 Å². The number of ether oxygens (including phenoxy) is 2. The second kappa shape index (κ2) is 36.0. The fraction of sp³-hybridized carbons (Fsp3) is 0.649. The number of benzene rings is 2. The zero-order valence-electron chi connectivity index (χ0n) is 51.9. The number of carbonyl (C=O) groups is 8. The Morgan fingerprint density at radius 1 is 0.570 bits per heavy atom. The van der Waals surface area contributed by atoms with Gasteiger partial charge >= 0.3 is 78.4 Å². The summed E-state index contributed by atoms with van der Waals surface area (Å²) in [4.78, 5) is 105. The van der Waals surface area contributed by atoms with E-state index in [1.807, 2.05) is 28.0 Å². The molecule has 3 amide bonds. The van der Waals surface area contributed by atoms with Crippen LogP contribution >= 0.6 is 23.2 Å². The van der Waals surface area contributed by atoms with Gasteiger partial charge in [-0.3, -0.25) is 24.1 Å². The second-order valence-electron chi connectivity index (χ2n) is 22.8. The fourth-order valence-electron chi connectivity index (χ4n) is 11.2. The van der Waals surface area contributed by atoms with Crippen LogP contribution < -0.4 is 44.7 Å². The quantitative estimate of drug-likeness (QED) is 0.0907. The van der Waals surface area contributed by atoms with E-state index in [0.29, 0.717) is 33.4 Å². The number of Topliss-reactive ketones (excluding diaryl/α,β-unsaturated/α-hetero) is 1. The zero-order valence-corrected chi connectivity index (χ0v) is 55.4. The van der Waals surface area contributed by atoms with Crippen LogP contribution in [0.2, 0.25) is 10.0 Å². The molecule has 1 aliphatic carbocycles. The standard InChI is InChI=1S/C25H31ClF6N4O3.C18H22ClNO2.C8H10F6N2O2.C4H6O4.C2H3BO2.Na/c1-17(37)34-7-4-23(5-8-34)6-9-36(16-23)20-14-19(26)3-2-18(20)15-33-10-12-35(13-11-33)22(38)39-21(24(27,28)29)25(30,31)32;1-13(22)14-4-6-18(7-5-14)8-9-20(12-18)17-10-16(19)3-2-15(17)11-21;9-7(10,11)5(8(12,13)14)18-6(17)16-3-1-15-2-4-16;1-3(5)7-8-4(2)6;1-2(4)5-3;/h2-3,14,21H,4-13,15-16H2,1H3;2-3,10-11,14H,4-9,12H2,1H3;5,15H,1-4H2;1-2H3;1H3;/q;;;;-1;+1. The van der Waals surface area contributed by atoms with Gasteiger partial charge in [-0.05, 0) is 105 Å². The number of piperidine rings is 1. The number of hydrogen-bond acceptors (Lipinski definition) is 17. The van der Waals surface area contributed by atoms with Crippen molar-refractivity contribution in [1.82, 2.24) is 24.9 Å². The Labute approximate surface area is 562 Å². The first-order valence-electron chi connectivity index (χ1n) is 28.8. The largest absolute Gasteiger partial charge is 1.00 e. The molecule has 1 saturated carbocycles. The Morgan fingerprint density at radius 2 is 0.968 bits per heavy atom. The Hall–Kier alpha value is -5.48. The summed E-state index contributed by atoms with van der Waals surface area (Å²) < 4.78 is 160. The maximum absolute atomic E-state index is 12.8. The third-order valence-corrected chi connectivity index (χ3v) is 16.6. The minimum absolute atomic E-state index is 0. The van der Waals surface area contributed by atoms with E-state index in [-0.39, 0.29) is 99.2 Å². The monoisotopic (exact) mass is 1390 g/mol. The Balaban J connectivity index is 0.000000352. The molecule has 0 bridgehead atoms. The van der Waals surface area contributed by atoms with Gasteiger partial charge in [0.2, 0.25) is 11.9 Å². The van der Waals surface area contributed by atoms with Gasteiger partial charge in [0.1, 0.15) is 5.78 Å². The number of carbonyl (C=O) groups excluding carboxylic acids is 8. The van der Waals surface area contributed by atoms with E-state index >= 15 is 0 Å². The average Bonchev–Trinajstić information content (AvgIpc) is 1.70. The molecule has 5 saturated heterocycles. The van der Waals surface area contributed by atoms with Crippen molar-refractivity contribution in [2.24, 2.45) is 16.7 Å². The Bertz CT molecular complexity index is 2800. The molecule has 0 unspecified atom stereocenters. The number of aldehydes is 1. The number of hydrogen-bond donors (Lipinski definition) is 1. The minimum atomic E-state index is -5.75. The van der Waals surface area contributed by atoms with Crippen LogP contribution in [-0.2, 0) is 54.4 Å². The van der Waals surface area contributed by atoms with Gasteiger partial charge in [-0.15, -0.1) is 0 Å². The maximum Gasteiger partial charge on any atom is 1.00 e. The number of amides is 3. The molecule has 36 heteroatoms. The summed E-state index contributed by atoms with van der Waals surface area (Å²) in [6, 6.07) is 11.0. The summed E-state index contributed by atoms with van der Waals surface area (Å²) in [6.07, 6.45) is -25.2. The van der Waals surface area contributed by atoms with Gasteiger partial charge < -0.3 is 52.0 Å². The normalized spacial score (nSPS) is 19.8. The summed E-state index contributed by atoms with van der Waals surface area (Å²) in [5.74, 6) is -1.06. The van der Waals surface area contributed by atoms with Gasteiger partial charge in [0.15, 0.2) is 6.29 Å². The number of ketones is 1. The van der Waals surface area contributed by atoms with Crippen LogP contribution in [0.1, 0.15) is 102 Å². The van der Waals surface area contributed by atoms with Crippen LogP contribution in [0.5, 0.6) is 0 Å². The first kappa shape index (κ1) is 81.8. The van der Waals surface area contributed by atoms with Crippen molar-refractivity contribution in [3.05, 3.63) is 57.6 Å². The van der Waals surface area contributed by atoms with Gasteiger partial charge in [-0.25, -0.2) is 29.0 Å². The van der Waals surface area contributed by atoms with Crippen molar-refractivity contribution in [3.63, 3.8) is 0 Å². The molecule has 20 nitrogen and oxygen atoms in total. The van der Waals surface area contributed by atoms with E-state index in [2.05, 4.69) is 47.1 Å². The number of halogens is 14. The summed E-state index contributed by atoms with van der Waals surface area (Å²) >= 11 is 12.4. The SMILES string of the molecule is CC(=O)C1CCC2(CC1)CCN(c1cc(Cl)ccc1C=O)C2.CC(=O)N1CCC2(CC1)CCN(c1cc(Cl)ccc1CN1CCN(C(=O)OC(C(F)(F)F)C(F)(F)F)CC1)C2.CC(=O)OOC(C)=O.O=C(OC(C(F)(F)F)C(F)(F)F)N1CCNCC1.[B-]OC(C)=O.[Na+]. The van der Waals surface area contributed by atoms with E-state index < -0.39 is 67.0 Å². The van der Waals surface area contributed by atoms with Crippen LogP contribution in [0, 0.1) is 16.7 Å². The van der Waals surface area contributed by atoms with Crippen molar-refractivity contribution in [3.8, 4) is 0 Å². The van der Waals surface area contributed by atoms with E-state index in [4.69, 9.17) is 23.2 Å². The molecule has 0 atom stereocenters. The minimum Gasteiger partial charge on any atom is -0.793 e. The van der Waals surface area contributed by atoms with E-state index in [0.717, 1.165) is 138 Å². The molecule has 2 aromatic rings. The molecule has 6 aliphatic rings. The number of nitrogens with one attached hydrogen (secondary N) is 1. The first-order chi connectivity index (χ1) is 42.7. The number of piperazine rings is 2. The fourth-order valence-corrected chi connectivity index (χ4v) is 11.5. The summed E-state index contributed by atoms with van der Waals surface area (Å²) in [7, 11) is 4.32. The molecule has 8 rings (SSSR count). The molecular formula is C57H72BCl2F12N7NaO13. The molecule has 5 aliphatic heterocycles. The molecule has 2 spiro atoms. The molecule has 93 heavy (non-hydrogen) atoms. The predicted molar refractivity (Wildman–Crippen MR) is 308 cm³/mol. The third-order valence-electron chi connectivity index (χ3n) is 16.1. The van der Waals surface area contributed by atoms with Crippen molar-refractivity contribution in [2.45, 2.75) is 129 Å². The molecular weight excluding hydrogens is 1320 g/mol. The second-order valence-corrected chi connectivity index (χ2v) is 23.7. The molecule has 2 aromatic carbocycles. The maximum atomic E-state index is 12.8. The van der Waals surface area contributed by atoms with E-state index in [9.17, 15) is 91.0 Å². The molecule has 6 fully saturated rings. The number of nitrogens with zero attached hydrogens (tertiary/aromatic N) is 6. The third kappa shape index (κ3) is 26.2. The van der Waals surface area contributed by atoms with Gasteiger partial charge in [-0.1, -0.05) is 29.3 Å². The van der Waals surface area contributed by atoms with Crippen molar-refractivity contribution < 1.29 is 145 Å². The van der Waals surface area contributed by atoms with Crippen LogP contribution in [0.15, 0.2) is 36.4 Å². The van der Waals surface area contributed by atoms with Crippen LogP contribution in [0.4, 0.5) is 73.6 Å². The number of alkyl halides is 12. The van der Waals surface area contributed by atoms with E-state index in [1.54, 1.807) is 32.0 Å². The van der Waals surface area contributed by atoms with Gasteiger partial charge in [0.25, 0.3) is 12.2 Å². The summed E-state index contributed by atoms with van der Waals surface area (Å²) in [5, 5.41) is 4.04. The van der Waals surface area contributed by atoms with Crippen LogP contribution in [-0.4, -0.2) is 204 Å². The van der Waals surface area contributed by atoms with Crippen molar-refractivity contribution in [1.29, 1.82) is 0 Å². The van der Waals surface area contributed by atoms with E-state index in [1.165, 1.54) is 6.92 Å². The zero-order chi connectivity index (χ0) is 69.2. The summed E-state index contributed by atoms with van der Waals surface area (Å²) in [6.45, 7) is 13.4. The van der Waals surface area contributed by atoms with Gasteiger partial charge in [-0.2, -0.15) is 52.7 Å². The van der Waals surface area contributed by atoms with Gasteiger partial charge in [0.05, 0.1) is 0 Å². The predicted octanol–water partition coefficient (Wildman–Crippen LogP) is 7.24. The Morgan fingerprint density at radius 3 is 1.37 bits per heavy atom. The molecule has 1 N–H and O–H groups in total. The van der Waals surface area contributed by atoms with Crippen molar-refractivity contribution in [2.75, 3.05) is 101 Å². The number of anilines is 2. The number of likely N-dealkylation sites (tertiary alicyclic amines) is 1. The Kier molecular flexibility index (Phi) is 31.7. The molecule has 515 valence electrons.